The summed E-state index contributed by atoms with van der Waals surface area (Å²) in [6, 6.07) is 0. The Morgan fingerprint density at radius 2 is 0.568 bits per heavy atom. The fourth-order valence-corrected chi connectivity index (χ4v) is 2.88. The molecule has 0 bridgehead atoms. The molecule has 0 atom stereocenters. The highest BCUT2D eigenvalue weighted by atomic mass is 16.4. The molecule has 0 spiro atoms. The Kier molecular flexibility index (Phi) is 58.3. The van der Waals surface area contributed by atoms with Crippen molar-refractivity contribution in [3.8, 4) is 0 Å². The van der Waals surface area contributed by atoms with E-state index in [-0.39, 0.29) is 52.9 Å². The van der Waals surface area contributed by atoms with E-state index in [0.717, 1.165) is 12.8 Å². The second-order valence-corrected chi connectivity index (χ2v) is 10.2. The minimum absolute atomic E-state index is 0.345. The molecule has 0 aliphatic carbocycles. The van der Waals surface area contributed by atoms with Crippen LogP contribution in [0.5, 0.6) is 0 Å². The van der Waals surface area contributed by atoms with Gasteiger partial charge in [0.1, 0.15) is 24.4 Å². The van der Waals surface area contributed by atoms with Gasteiger partial charge >= 0.3 is 5.97 Å². The number of aliphatic hydroxyl groups is 12. The summed E-state index contributed by atoms with van der Waals surface area (Å²) in [6.07, 6.45) is 16.4. The zero-order valence-corrected chi connectivity index (χ0v) is 27.0. The van der Waals surface area contributed by atoms with Crippen LogP contribution in [0.1, 0.15) is 110 Å². The van der Waals surface area contributed by atoms with Gasteiger partial charge in [-0.05, 0) is 6.42 Å². The largest absolute Gasteiger partial charge is 0.481 e. The summed E-state index contributed by atoms with van der Waals surface area (Å²) in [4.78, 5) is 10.3. The quantitative estimate of drug-likeness (QED) is 0.0594. The molecule has 0 aliphatic rings. The molecule has 0 aromatic carbocycles. The lowest BCUT2D eigenvalue weighted by Gasteiger charge is -2.03. The number of unbranched alkanes of at least 4 members (excludes halogenated alkanes) is 14. The van der Waals surface area contributed by atoms with E-state index in [1.165, 1.54) is 83.5 Å². The average Bonchev–Trinajstić information content (AvgIpc) is 3.05. The highest BCUT2D eigenvalue weighted by Crippen LogP contribution is 2.13. The Morgan fingerprint density at radius 3 is 0.705 bits per heavy atom. The van der Waals surface area contributed by atoms with Gasteiger partial charge in [-0.15, -0.1) is 0 Å². The molecule has 0 aromatic heterocycles. The SMILES string of the molecule is CCCCCCCCCCCCCCCCCC(=O)O.OCC(O)CO.OCC(O)CO.OCC(O)CO.OCC(O)CO. The zero-order valence-electron chi connectivity index (χ0n) is 27.0. The van der Waals surface area contributed by atoms with Crippen LogP contribution in [0.4, 0.5) is 0 Å². The first kappa shape index (κ1) is 52.5. The van der Waals surface area contributed by atoms with Crippen LogP contribution in [0.2, 0.25) is 0 Å². The van der Waals surface area contributed by atoms with Crippen molar-refractivity contribution < 1.29 is 71.2 Å². The number of aliphatic hydroxyl groups excluding tert-OH is 12. The molecule has 0 radical (unpaired) electrons. The Bertz CT molecular complexity index is 433. The van der Waals surface area contributed by atoms with Crippen molar-refractivity contribution in [2.24, 2.45) is 0 Å². The van der Waals surface area contributed by atoms with E-state index in [4.69, 9.17) is 66.4 Å². The van der Waals surface area contributed by atoms with E-state index in [2.05, 4.69) is 6.92 Å². The Morgan fingerprint density at radius 1 is 0.386 bits per heavy atom. The lowest BCUT2D eigenvalue weighted by Crippen LogP contribution is -2.15. The van der Waals surface area contributed by atoms with Crippen LogP contribution in [0, 0.1) is 0 Å². The molecule has 14 heteroatoms. The van der Waals surface area contributed by atoms with Crippen molar-refractivity contribution in [2.45, 2.75) is 134 Å². The molecule has 13 N–H and O–H groups in total. The van der Waals surface area contributed by atoms with Crippen LogP contribution in [0.15, 0.2) is 0 Å². The molecule has 0 saturated carbocycles. The Balaban J connectivity index is -0.000000171. The number of hydrogen-bond donors (Lipinski definition) is 13. The first-order valence-electron chi connectivity index (χ1n) is 15.8. The van der Waals surface area contributed by atoms with Crippen molar-refractivity contribution in [3.63, 3.8) is 0 Å². The van der Waals surface area contributed by atoms with Crippen LogP contribution in [0.3, 0.4) is 0 Å². The molecule has 0 heterocycles. The number of rotatable bonds is 24. The fraction of sp³-hybridized carbons (Fsp3) is 0.967. The van der Waals surface area contributed by atoms with E-state index in [1.54, 1.807) is 0 Å². The molecule has 0 unspecified atom stereocenters. The third-order valence-electron chi connectivity index (χ3n) is 5.68. The Labute approximate surface area is 264 Å². The summed E-state index contributed by atoms with van der Waals surface area (Å²) in [6.45, 7) is -0.647. The van der Waals surface area contributed by atoms with Gasteiger partial charge in [-0.1, -0.05) is 96.8 Å². The van der Waals surface area contributed by atoms with E-state index < -0.39 is 30.4 Å². The third-order valence-corrected chi connectivity index (χ3v) is 5.68. The molecule has 0 aliphatic heterocycles. The molecule has 0 amide bonds. The Hall–Kier alpha value is -1.01. The van der Waals surface area contributed by atoms with Gasteiger partial charge in [0.05, 0.1) is 52.9 Å². The summed E-state index contributed by atoms with van der Waals surface area (Å²) in [7, 11) is 0. The van der Waals surface area contributed by atoms with Gasteiger partial charge < -0.3 is 66.4 Å². The van der Waals surface area contributed by atoms with Crippen molar-refractivity contribution in [1.82, 2.24) is 0 Å². The van der Waals surface area contributed by atoms with Crippen molar-refractivity contribution >= 4 is 5.97 Å². The van der Waals surface area contributed by atoms with E-state index in [1.807, 2.05) is 0 Å². The predicted octanol–water partition coefficient (Wildman–Crippen LogP) is -0.340. The number of carboxylic acids is 1. The van der Waals surface area contributed by atoms with Gasteiger partial charge in [0.2, 0.25) is 0 Å². The van der Waals surface area contributed by atoms with Crippen molar-refractivity contribution in [3.05, 3.63) is 0 Å². The lowest BCUT2D eigenvalue weighted by molar-refractivity contribution is -0.137. The number of carbonyl (C=O) groups is 1. The summed E-state index contributed by atoms with van der Waals surface area (Å²) in [5, 5.41) is 105. The smallest absolute Gasteiger partial charge is 0.303 e. The highest BCUT2D eigenvalue weighted by molar-refractivity contribution is 5.66. The van der Waals surface area contributed by atoms with Crippen LogP contribution >= 0.6 is 0 Å². The normalized spacial score (nSPS) is 10.4. The molecule has 44 heavy (non-hydrogen) atoms. The maximum atomic E-state index is 10.3. The number of carboxylic acid groups (broad SMARTS) is 1. The lowest BCUT2D eigenvalue weighted by atomic mass is 10.0. The number of aliphatic carboxylic acids is 1. The van der Waals surface area contributed by atoms with Gasteiger partial charge in [0.15, 0.2) is 0 Å². The minimum atomic E-state index is -0.954. The van der Waals surface area contributed by atoms with Crippen molar-refractivity contribution in [1.29, 1.82) is 0 Å². The summed E-state index contributed by atoms with van der Waals surface area (Å²) in [5.41, 5.74) is 0. The first-order valence-corrected chi connectivity index (χ1v) is 15.8. The first-order chi connectivity index (χ1) is 21.0. The molecule has 0 rings (SSSR count). The average molecular weight is 653 g/mol. The van der Waals surface area contributed by atoms with Gasteiger partial charge in [-0.2, -0.15) is 0 Å². The maximum absolute atomic E-state index is 10.3. The minimum Gasteiger partial charge on any atom is -0.481 e. The van der Waals surface area contributed by atoms with E-state index in [0.29, 0.717) is 6.42 Å². The molecular formula is C30H68O14. The number of hydrogen-bond acceptors (Lipinski definition) is 13. The van der Waals surface area contributed by atoms with Crippen LogP contribution in [0.25, 0.3) is 0 Å². The zero-order chi connectivity index (χ0) is 34.9. The fourth-order valence-electron chi connectivity index (χ4n) is 2.88. The van der Waals surface area contributed by atoms with Gasteiger partial charge in [0.25, 0.3) is 0 Å². The van der Waals surface area contributed by atoms with Crippen LogP contribution < -0.4 is 0 Å². The standard InChI is InChI=1S/C18H36O2.4C3H8O3/c1-2-3-4-5-6-7-8-9-10-11-12-13-14-15-16-17-18(19)20;4*4-1-3(6)2-5/h2-17H2,1H3,(H,19,20);4*3-6H,1-2H2. The van der Waals surface area contributed by atoms with Gasteiger partial charge in [-0.3, -0.25) is 4.79 Å². The molecular weight excluding hydrogens is 584 g/mol. The van der Waals surface area contributed by atoms with E-state index >= 15 is 0 Å². The molecule has 0 aromatic rings. The van der Waals surface area contributed by atoms with Gasteiger partial charge in [0, 0.05) is 6.42 Å². The third kappa shape index (κ3) is 64.1. The molecule has 0 fully saturated rings. The topological polar surface area (TPSA) is 280 Å². The second kappa shape index (κ2) is 48.9. The molecule has 14 nitrogen and oxygen atoms in total. The summed E-state index contributed by atoms with van der Waals surface area (Å²) < 4.78 is 0. The van der Waals surface area contributed by atoms with Gasteiger partial charge in [-0.25, -0.2) is 0 Å². The molecule has 0 saturated heterocycles. The summed E-state index contributed by atoms with van der Waals surface area (Å²) >= 11 is 0. The van der Waals surface area contributed by atoms with Crippen LogP contribution in [-0.4, -0.2) is 150 Å². The summed E-state index contributed by atoms with van der Waals surface area (Å²) in [5.74, 6) is -0.653. The van der Waals surface area contributed by atoms with Crippen molar-refractivity contribution in [2.75, 3.05) is 52.9 Å². The monoisotopic (exact) mass is 652 g/mol. The van der Waals surface area contributed by atoms with Crippen LogP contribution in [-0.2, 0) is 4.79 Å². The second-order valence-electron chi connectivity index (χ2n) is 10.2. The van der Waals surface area contributed by atoms with E-state index in [9.17, 15) is 4.79 Å². The predicted molar refractivity (Wildman–Crippen MR) is 168 cm³/mol. The highest BCUT2D eigenvalue weighted by Gasteiger charge is 1.98. The maximum Gasteiger partial charge on any atom is 0.303 e. The molecule has 272 valence electrons.